The number of benzene rings is 2. The largest absolute Gasteiger partial charge is 0.482 e. The normalized spacial score (nSPS) is 13.0. The Morgan fingerprint density at radius 3 is 2.84 bits per heavy atom. The second-order valence-corrected chi connectivity index (χ2v) is 8.37. The van der Waals surface area contributed by atoms with E-state index >= 15 is 0 Å². The quantitative estimate of drug-likeness (QED) is 0.611. The van der Waals surface area contributed by atoms with E-state index in [1.807, 2.05) is 31.2 Å². The number of hydrogen-bond donors (Lipinski definition) is 2. The molecule has 2 aromatic carbocycles. The van der Waals surface area contributed by atoms with E-state index in [0.29, 0.717) is 29.5 Å². The molecule has 0 spiro atoms. The molecule has 1 aromatic heterocycles. The molecular formula is C22H22N4O4S. The Kier molecular flexibility index (Phi) is 5.85. The number of aryl methyl sites for hydroxylation is 1. The maximum Gasteiger partial charge on any atom is 0.265 e. The van der Waals surface area contributed by atoms with E-state index in [-0.39, 0.29) is 30.7 Å². The van der Waals surface area contributed by atoms with Gasteiger partial charge in [-0.3, -0.25) is 14.4 Å². The van der Waals surface area contributed by atoms with Crippen LogP contribution >= 0.6 is 11.3 Å². The maximum atomic E-state index is 12.4. The van der Waals surface area contributed by atoms with Crippen molar-refractivity contribution in [2.75, 3.05) is 28.7 Å². The van der Waals surface area contributed by atoms with Gasteiger partial charge in [-0.15, -0.1) is 0 Å². The summed E-state index contributed by atoms with van der Waals surface area (Å²) in [6.45, 7) is 3.85. The Balaban J connectivity index is 1.35. The van der Waals surface area contributed by atoms with E-state index in [2.05, 4.69) is 15.6 Å². The van der Waals surface area contributed by atoms with E-state index in [0.717, 1.165) is 21.5 Å². The maximum absolute atomic E-state index is 12.4. The van der Waals surface area contributed by atoms with E-state index in [1.54, 1.807) is 17.0 Å². The first-order valence-corrected chi connectivity index (χ1v) is 10.7. The predicted molar refractivity (Wildman–Crippen MR) is 121 cm³/mol. The van der Waals surface area contributed by atoms with Crippen molar-refractivity contribution < 1.29 is 19.1 Å². The summed E-state index contributed by atoms with van der Waals surface area (Å²) in [5.41, 5.74) is 3.22. The van der Waals surface area contributed by atoms with Gasteiger partial charge in [0, 0.05) is 25.6 Å². The highest BCUT2D eigenvalue weighted by atomic mass is 32.1. The van der Waals surface area contributed by atoms with Crippen molar-refractivity contribution >= 4 is 55.8 Å². The molecule has 4 rings (SSSR count). The number of fused-ring (bicyclic) bond motifs is 2. The van der Waals surface area contributed by atoms with E-state index in [1.165, 1.54) is 18.3 Å². The van der Waals surface area contributed by atoms with Crippen molar-refractivity contribution in [3.05, 3.63) is 42.0 Å². The molecule has 0 saturated carbocycles. The average Bonchev–Trinajstić information content (AvgIpc) is 3.10. The Labute approximate surface area is 183 Å². The smallest absolute Gasteiger partial charge is 0.265 e. The zero-order valence-electron chi connectivity index (χ0n) is 17.2. The Morgan fingerprint density at radius 1 is 1.19 bits per heavy atom. The molecule has 0 fully saturated rings. The molecule has 1 aliphatic heterocycles. The lowest BCUT2D eigenvalue weighted by atomic mass is 10.1. The average molecular weight is 439 g/mol. The Bertz CT molecular complexity index is 1170. The van der Waals surface area contributed by atoms with Gasteiger partial charge >= 0.3 is 0 Å². The standard InChI is InChI=1S/C22H22N4O4S/c1-13-5-8-18-17(10-13)26(21(29)12-30-18)9-3-4-20(28)24-15-6-7-16-19(11-15)31-22(25-16)23-14(2)27/h5-8,10-11H,3-4,9,12H2,1-2H3,(H,24,28)(H,23,25,27). The number of nitrogens with one attached hydrogen (secondary N) is 2. The SMILES string of the molecule is CC(=O)Nc1nc2ccc(NC(=O)CCCN3C(=O)COc4ccc(C)cc43)cc2s1. The predicted octanol–water partition coefficient (Wildman–Crippen LogP) is 3.71. The fraction of sp³-hybridized carbons (Fsp3) is 0.273. The first-order valence-electron chi connectivity index (χ1n) is 9.91. The van der Waals surface area contributed by atoms with Crippen molar-refractivity contribution in [3.63, 3.8) is 0 Å². The van der Waals surface area contributed by atoms with E-state index in [4.69, 9.17) is 4.74 Å². The first-order chi connectivity index (χ1) is 14.9. The van der Waals surface area contributed by atoms with Gasteiger partial charge in [-0.1, -0.05) is 17.4 Å². The Morgan fingerprint density at radius 2 is 2.03 bits per heavy atom. The summed E-state index contributed by atoms with van der Waals surface area (Å²) in [4.78, 5) is 41.9. The molecule has 2 heterocycles. The van der Waals surface area contributed by atoms with Gasteiger partial charge in [-0.2, -0.15) is 0 Å². The molecule has 1 aliphatic rings. The van der Waals surface area contributed by atoms with Crippen molar-refractivity contribution in [2.45, 2.75) is 26.7 Å². The zero-order chi connectivity index (χ0) is 22.0. The van der Waals surface area contributed by atoms with Gasteiger partial charge in [0.1, 0.15) is 5.75 Å². The highest BCUT2D eigenvalue weighted by Crippen LogP contribution is 2.33. The van der Waals surface area contributed by atoms with Gasteiger partial charge in [-0.25, -0.2) is 4.98 Å². The lowest BCUT2D eigenvalue weighted by Crippen LogP contribution is -2.39. The molecule has 0 saturated heterocycles. The molecular weight excluding hydrogens is 416 g/mol. The summed E-state index contributed by atoms with van der Waals surface area (Å²) in [6, 6.07) is 11.1. The molecule has 160 valence electrons. The molecule has 9 heteroatoms. The Hall–Kier alpha value is -3.46. The molecule has 0 unspecified atom stereocenters. The van der Waals surface area contributed by atoms with Crippen molar-refractivity contribution in [2.24, 2.45) is 0 Å². The molecule has 2 N–H and O–H groups in total. The highest BCUT2D eigenvalue weighted by molar-refractivity contribution is 7.22. The number of amides is 3. The molecule has 0 bridgehead atoms. The lowest BCUT2D eigenvalue weighted by Gasteiger charge is -2.29. The van der Waals surface area contributed by atoms with Gasteiger partial charge in [0.15, 0.2) is 11.7 Å². The van der Waals surface area contributed by atoms with Crippen LogP contribution in [-0.2, 0) is 14.4 Å². The third kappa shape index (κ3) is 4.83. The van der Waals surface area contributed by atoms with Gasteiger partial charge in [0.25, 0.3) is 5.91 Å². The third-order valence-electron chi connectivity index (χ3n) is 4.80. The first kappa shape index (κ1) is 20.8. The molecule has 8 nitrogen and oxygen atoms in total. The number of nitrogens with zero attached hydrogens (tertiary/aromatic N) is 2. The lowest BCUT2D eigenvalue weighted by molar-refractivity contribution is -0.121. The minimum absolute atomic E-state index is 0.0115. The third-order valence-corrected chi connectivity index (χ3v) is 5.73. The number of thiazole rings is 1. The molecule has 3 aromatic rings. The fourth-order valence-corrected chi connectivity index (χ4v) is 4.34. The van der Waals surface area contributed by atoms with Gasteiger partial charge in [0.2, 0.25) is 11.8 Å². The second-order valence-electron chi connectivity index (χ2n) is 7.34. The van der Waals surface area contributed by atoms with E-state index in [9.17, 15) is 14.4 Å². The van der Waals surface area contributed by atoms with Crippen LogP contribution in [0.4, 0.5) is 16.5 Å². The van der Waals surface area contributed by atoms with Crippen LogP contribution in [0.5, 0.6) is 5.75 Å². The van der Waals surface area contributed by atoms with Gasteiger partial charge in [-0.05, 0) is 49.2 Å². The monoisotopic (exact) mass is 438 g/mol. The molecule has 3 amide bonds. The summed E-state index contributed by atoms with van der Waals surface area (Å²) >= 11 is 1.35. The highest BCUT2D eigenvalue weighted by Gasteiger charge is 2.25. The van der Waals surface area contributed by atoms with Crippen LogP contribution < -0.4 is 20.3 Å². The molecule has 0 aliphatic carbocycles. The van der Waals surface area contributed by atoms with Crippen LogP contribution in [-0.4, -0.2) is 35.9 Å². The summed E-state index contributed by atoms with van der Waals surface area (Å²) in [5, 5.41) is 6.08. The van der Waals surface area contributed by atoms with Crippen molar-refractivity contribution in [1.29, 1.82) is 0 Å². The number of hydrogen-bond acceptors (Lipinski definition) is 6. The minimum Gasteiger partial charge on any atom is -0.482 e. The topological polar surface area (TPSA) is 101 Å². The summed E-state index contributed by atoms with van der Waals surface area (Å²) in [6.07, 6.45) is 0.810. The van der Waals surface area contributed by atoms with Crippen LogP contribution in [0.2, 0.25) is 0 Å². The van der Waals surface area contributed by atoms with Crippen molar-refractivity contribution in [3.8, 4) is 5.75 Å². The van der Waals surface area contributed by atoms with Gasteiger partial charge < -0.3 is 20.3 Å². The summed E-state index contributed by atoms with van der Waals surface area (Å²) in [7, 11) is 0. The van der Waals surface area contributed by atoms with Crippen molar-refractivity contribution in [1.82, 2.24) is 4.98 Å². The van der Waals surface area contributed by atoms with E-state index < -0.39 is 0 Å². The number of ether oxygens (including phenoxy) is 1. The zero-order valence-corrected chi connectivity index (χ0v) is 18.0. The number of aromatic nitrogens is 1. The number of carbonyl (C=O) groups is 3. The minimum atomic E-state index is -0.177. The number of carbonyl (C=O) groups excluding carboxylic acids is 3. The van der Waals surface area contributed by atoms with Crippen LogP contribution in [0.15, 0.2) is 36.4 Å². The molecule has 0 atom stereocenters. The molecule has 31 heavy (non-hydrogen) atoms. The molecule has 0 radical (unpaired) electrons. The van der Waals surface area contributed by atoms with Crippen LogP contribution in [0.25, 0.3) is 10.2 Å². The second kappa shape index (κ2) is 8.73. The number of anilines is 3. The fourth-order valence-electron chi connectivity index (χ4n) is 3.38. The van der Waals surface area contributed by atoms with Crippen LogP contribution in [0, 0.1) is 6.92 Å². The van der Waals surface area contributed by atoms with Crippen LogP contribution in [0.1, 0.15) is 25.3 Å². The number of rotatable bonds is 6. The van der Waals surface area contributed by atoms with Gasteiger partial charge in [0.05, 0.1) is 15.9 Å². The summed E-state index contributed by atoms with van der Waals surface area (Å²) < 4.78 is 6.36. The van der Waals surface area contributed by atoms with Crippen LogP contribution in [0.3, 0.4) is 0 Å². The summed E-state index contributed by atoms with van der Waals surface area (Å²) in [5.74, 6) is 0.274.